The van der Waals surface area contributed by atoms with Gasteiger partial charge < -0.3 is 14.4 Å². The van der Waals surface area contributed by atoms with Gasteiger partial charge >= 0.3 is 12.1 Å². The Labute approximate surface area is 160 Å². The molecule has 1 aliphatic rings. The van der Waals surface area contributed by atoms with Crippen molar-refractivity contribution in [3.63, 3.8) is 0 Å². The van der Waals surface area contributed by atoms with Crippen LogP contribution in [0.3, 0.4) is 0 Å². The topological polar surface area (TPSA) is 85.8 Å². The van der Waals surface area contributed by atoms with Crippen LogP contribution in [0, 0.1) is 12.8 Å². The average molecular weight is 376 g/mol. The van der Waals surface area contributed by atoms with Crippen LogP contribution in [0.1, 0.15) is 56.1 Å². The lowest BCUT2D eigenvalue weighted by Gasteiger charge is -2.33. The Balaban J connectivity index is 1.71. The zero-order chi connectivity index (χ0) is 20.0. The van der Waals surface area contributed by atoms with Crippen molar-refractivity contribution < 1.29 is 23.9 Å². The molecule has 0 saturated carbocycles. The number of aromatic nitrogens is 1. The lowest BCUT2D eigenvalue weighted by molar-refractivity contribution is -0.123. The van der Waals surface area contributed by atoms with E-state index in [4.69, 9.17) is 9.47 Å². The molecule has 0 bridgehead atoms. The van der Waals surface area contributed by atoms with Crippen molar-refractivity contribution in [1.29, 1.82) is 0 Å². The number of amides is 1. The van der Waals surface area contributed by atoms with E-state index >= 15 is 0 Å². The summed E-state index contributed by atoms with van der Waals surface area (Å²) >= 11 is 0. The van der Waals surface area contributed by atoms with Gasteiger partial charge in [-0.3, -0.25) is 4.79 Å². The summed E-state index contributed by atoms with van der Waals surface area (Å²) in [5.41, 5.74) is 0.591. The zero-order valence-electron chi connectivity index (χ0n) is 16.5. The number of aryl methyl sites for hydroxylation is 1. The molecule has 148 valence electrons. The lowest BCUT2D eigenvalue weighted by atomic mass is 9.92. The number of ketones is 1. The van der Waals surface area contributed by atoms with Crippen LogP contribution in [0.15, 0.2) is 18.3 Å². The van der Waals surface area contributed by atoms with Crippen molar-refractivity contribution in [2.45, 2.75) is 52.6 Å². The first-order valence-electron chi connectivity index (χ1n) is 9.23. The van der Waals surface area contributed by atoms with Gasteiger partial charge in [-0.1, -0.05) is 0 Å². The third-order valence-corrected chi connectivity index (χ3v) is 4.27. The van der Waals surface area contributed by atoms with Crippen LogP contribution in [0.4, 0.5) is 4.79 Å². The number of ether oxygens (including phenoxy) is 2. The molecule has 2 rings (SSSR count). The number of carbonyl (C=O) groups excluding carboxylic acids is 3. The molecule has 7 heteroatoms. The van der Waals surface area contributed by atoms with Crippen molar-refractivity contribution in [3.05, 3.63) is 29.6 Å². The molecular formula is C20H28N2O5. The maximum absolute atomic E-state index is 12.1. The summed E-state index contributed by atoms with van der Waals surface area (Å²) in [6.45, 7) is 8.26. The first-order valence-corrected chi connectivity index (χ1v) is 9.23. The highest BCUT2D eigenvalue weighted by Crippen LogP contribution is 2.22. The van der Waals surface area contributed by atoms with Crippen LogP contribution < -0.4 is 0 Å². The summed E-state index contributed by atoms with van der Waals surface area (Å²) in [5.74, 6) is -0.523. The number of hydrogen-bond donors (Lipinski definition) is 0. The van der Waals surface area contributed by atoms with Crippen molar-refractivity contribution in [2.75, 3.05) is 19.7 Å². The number of carbonyl (C=O) groups is 3. The molecule has 1 saturated heterocycles. The highest BCUT2D eigenvalue weighted by molar-refractivity contribution is 5.90. The molecule has 0 N–H and O–H groups in total. The van der Waals surface area contributed by atoms with Gasteiger partial charge in [-0.2, -0.15) is 0 Å². The van der Waals surface area contributed by atoms with Gasteiger partial charge in [0.05, 0.1) is 0 Å². The molecule has 1 aromatic rings. The number of esters is 1. The fourth-order valence-electron chi connectivity index (χ4n) is 2.89. The van der Waals surface area contributed by atoms with Gasteiger partial charge in [-0.15, -0.1) is 0 Å². The van der Waals surface area contributed by atoms with E-state index in [0.717, 1.165) is 18.4 Å². The summed E-state index contributed by atoms with van der Waals surface area (Å²) in [5, 5.41) is 0. The van der Waals surface area contributed by atoms with Crippen LogP contribution in [0.2, 0.25) is 0 Å². The predicted molar refractivity (Wildman–Crippen MR) is 99.4 cm³/mol. The van der Waals surface area contributed by atoms with Gasteiger partial charge in [-0.05, 0) is 64.2 Å². The molecule has 1 aliphatic heterocycles. The smallest absolute Gasteiger partial charge is 0.410 e. The Morgan fingerprint density at radius 1 is 1.22 bits per heavy atom. The number of likely N-dealkylation sites (tertiary alicyclic amines) is 1. The molecule has 1 amide bonds. The summed E-state index contributed by atoms with van der Waals surface area (Å²) < 4.78 is 10.4. The summed E-state index contributed by atoms with van der Waals surface area (Å²) in [6.07, 6.45) is 3.03. The maximum Gasteiger partial charge on any atom is 0.410 e. The number of hydrogen-bond acceptors (Lipinski definition) is 6. The minimum absolute atomic E-state index is 0.119. The number of rotatable bonds is 5. The molecule has 0 radical (unpaired) electrons. The van der Waals surface area contributed by atoms with Crippen molar-refractivity contribution in [1.82, 2.24) is 9.88 Å². The molecule has 1 fully saturated rings. The molecule has 1 aromatic heterocycles. The Morgan fingerprint density at radius 3 is 2.48 bits per heavy atom. The van der Waals surface area contributed by atoms with Gasteiger partial charge in [0, 0.05) is 25.7 Å². The second-order valence-electron chi connectivity index (χ2n) is 7.95. The summed E-state index contributed by atoms with van der Waals surface area (Å²) in [6, 6.07) is 3.41. The number of piperidine rings is 1. The standard InChI is InChI=1S/C20H28N2O5/c1-14-5-8-21-17(11-14)18(24)26-13-16(23)12-15-6-9-22(10-7-15)19(25)27-20(2,3)4/h5,8,11,15H,6-7,9-10,12-13H2,1-4H3. The van der Waals surface area contributed by atoms with Crippen molar-refractivity contribution in [2.24, 2.45) is 5.92 Å². The number of nitrogens with zero attached hydrogens (tertiary/aromatic N) is 2. The van der Waals surface area contributed by atoms with Crippen LogP contribution in [-0.2, 0) is 14.3 Å². The Bertz CT molecular complexity index is 688. The van der Waals surface area contributed by atoms with Gasteiger partial charge in [0.25, 0.3) is 0 Å². The largest absolute Gasteiger partial charge is 0.453 e. The van der Waals surface area contributed by atoms with E-state index in [0.29, 0.717) is 19.5 Å². The van der Waals surface area contributed by atoms with E-state index in [-0.39, 0.29) is 30.1 Å². The van der Waals surface area contributed by atoms with Crippen molar-refractivity contribution in [3.8, 4) is 0 Å². The fraction of sp³-hybridized carbons (Fsp3) is 0.600. The average Bonchev–Trinajstić information content (AvgIpc) is 2.59. The normalized spacial score (nSPS) is 15.3. The minimum atomic E-state index is -0.591. The highest BCUT2D eigenvalue weighted by Gasteiger charge is 2.28. The molecule has 0 spiro atoms. The maximum atomic E-state index is 12.1. The van der Waals surface area contributed by atoms with Crippen molar-refractivity contribution >= 4 is 17.8 Å². The number of Topliss-reactive ketones (excluding diaryl/α,β-unsaturated/α-hetero) is 1. The predicted octanol–water partition coefficient (Wildman–Crippen LogP) is 3.15. The van der Waals surface area contributed by atoms with E-state index < -0.39 is 11.6 Å². The molecule has 2 heterocycles. The van der Waals surface area contributed by atoms with Gasteiger partial charge in [0.15, 0.2) is 5.78 Å². The van der Waals surface area contributed by atoms with Crippen LogP contribution in [0.5, 0.6) is 0 Å². The second kappa shape index (κ2) is 8.97. The first-order chi connectivity index (χ1) is 12.6. The molecule has 7 nitrogen and oxygen atoms in total. The Kier molecular flexibility index (Phi) is 6.93. The molecule has 27 heavy (non-hydrogen) atoms. The number of pyridine rings is 1. The van der Waals surface area contributed by atoms with E-state index in [1.54, 1.807) is 17.0 Å². The monoisotopic (exact) mass is 376 g/mol. The quantitative estimate of drug-likeness (QED) is 0.734. The molecule has 0 aliphatic carbocycles. The van der Waals surface area contributed by atoms with E-state index in [1.165, 1.54) is 6.20 Å². The van der Waals surface area contributed by atoms with Gasteiger partial charge in [0.2, 0.25) is 0 Å². The van der Waals surface area contributed by atoms with Gasteiger partial charge in [-0.25, -0.2) is 14.6 Å². The molecule has 0 unspecified atom stereocenters. The minimum Gasteiger partial charge on any atom is -0.453 e. The van der Waals surface area contributed by atoms with E-state index in [2.05, 4.69) is 4.98 Å². The SMILES string of the molecule is Cc1ccnc(C(=O)OCC(=O)CC2CCN(C(=O)OC(C)(C)C)CC2)c1. The molecule has 0 atom stereocenters. The van der Waals surface area contributed by atoms with Crippen LogP contribution in [0.25, 0.3) is 0 Å². The summed E-state index contributed by atoms with van der Waals surface area (Å²) in [4.78, 5) is 41.7. The second-order valence-corrected chi connectivity index (χ2v) is 7.95. The zero-order valence-corrected chi connectivity index (χ0v) is 16.5. The molecular weight excluding hydrogens is 348 g/mol. The molecule has 0 aromatic carbocycles. The summed E-state index contributed by atoms with van der Waals surface area (Å²) in [7, 11) is 0. The third kappa shape index (κ3) is 7.00. The first kappa shape index (κ1) is 20.9. The lowest BCUT2D eigenvalue weighted by Crippen LogP contribution is -2.42. The van der Waals surface area contributed by atoms with Crippen LogP contribution >= 0.6 is 0 Å². The van der Waals surface area contributed by atoms with E-state index in [9.17, 15) is 14.4 Å². The highest BCUT2D eigenvalue weighted by atomic mass is 16.6. The van der Waals surface area contributed by atoms with E-state index in [1.807, 2.05) is 27.7 Å². The Morgan fingerprint density at radius 2 is 1.89 bits per heavy atom. The van der Waals surface area contributed by atoms with Crippen LogP contribution in [-0.4, -0.2) is 53.0 Å². The Hall–Kier alpha value is -2.44. The third-order valence-electron chi connectivity index (χ3n) is 4.27. The fourth-order valence-corrected chi connectivity index (χ4v) is 2.89. The van der Waals surface area contributed by atoms with Gasteiger partial charge in [0.1, 0.15) is 17.9 Å².